The van der Waals surface area contributed by atoms with Crippen molar-refractivity contribution in [2.24, 2.45) is 0 Å². The first kappa shape index (κ1) is 19.6. The Bertz CT molecular complexity index is 1130. The molecular formula is C20H18FN3O3S. The minimum atomic E-state index is -4.05. The largest absolute Gasteiger partial charge is 0.479 e. The molecule has 2 heterocycles. The van der Waals surface area contributed by atoms with Gasteiger partial charge in [-0.3, -0.25) is 4.98 Å². The zero-order chi connectivity index (χ0) is 20.1. The zero-order valence-corrected chi connectivity index (χ0v) is 15.9. The second kappa shape index (κ2) is 8.25. The fourth-order valence-corrected chi connectivity index (χ4v) is 4.09. The average molecular weight is 399 g/mol. The summed E-state index contributed by atoms with van der Waals surface area (Å²) in [6.07, 6.45) is 9.20. The second-order valence-electron chi connectivity index (χ2n) is 5.89. The molecule has 0 amide bonds. The van der Waals surface area contributed by atoms with Crippen molar-refractivity contribution in [1.82, 2.24) is 14.3 Å². The monoisotopic (exact) mass is 399 g/mol. The molecule has 8 heteroatoms. The topological polar surface area (TPSA) is 73.2 Å². The number of benzene rings is 1. The minimum Gasteiger partial charge on any atom is -0.479 e. The predicted octanol–water partition coefficient (Wildman–Crippen LogP) is 2.66. The van der Waals surface area contributed by atoms with Crippen molar-refractivity contribution in [1.29, 1.82) is 0 Å². The molecule has 2 aromatic heterocycles. The van der Waals surface area contributed by atoms with Crippen LogP contribution in [0, 0.1) is 18.2 Å². The van der Waals surface area contributed by atoms with Crippen molar-refractivity contribution in [2.75, 3.05) is 13.7 Å². The van der Waals surface area contributed by atoms with Gasteiger partial charge in [0.25, 0.3) is 10.0 Å². The van der Waals surface area contributed by atoms with Crippen LogP contribution >= 0.6 is 0 Å². The molecule has 3 aromatic rings. The summed E-state index contributed by atoms with van der Waals surface area (Å²) in [5, 5.41) is 2.96. The number of halogens is 1. The number of ether oxygens (including phenoxy) is 1. The number of pyridine rings is 1. The van der Waals surface area contributed by atoms with E-state index in [9.17, 15) is 12.8 Å². The summed E-state index contributed by atoms with van der Waals surface area (Å²) >= 11 is 0. The fraction of sp³-hybridized carbons (Fsp3) is 0.150. The molecule has 6 nitrogen and oxygen atoms in total. The lowest BCUT2D eigenvalue weighted by Gasteiger charge is -2.12. The van der Waals surface area contributed by atoms with Gasteiger partial charge in [0.15, 0.2) is 0 Å². The molecule has 0 radical (unpaired) electrons. The fourth-order valence-electron chi connectivity index (χ4n) is 2.72. The Morgan fingerprint density at radius 3 is 2.79 bits per heavy atom. The molecule has 0 saturated heterocycles. The number of nitrogens with one attached hydrogen (secondary N) is 1. The highest BCUT2D eigenvalue weighted by molar-refractivity contribution is 7.90. The lowest BCUT2D eigenvalue weighted by atomic mass is 10.1. The SMILES string of the molecule is C#CCOc1cncc(S(=O)(=O)n2cc(CNC)cc2-c2ccccc2F)c1. The van der Waals surface area contributed by atoms with E-state index in [1.165, 1.54) is 36.8 Å². The summed E-state index contributed by atoms with van der Waals surface area (Å²) in [6.45, 7) is 0.412. The third-order valence-corrected chi connectivity index (χ3v) is 5.58. The van der Waals surface area contributed by atoms with Crippen molar-refractivity contribution in [3.05, 3.63) is 66.4 Å². The van der Waals surface area contributed by atoms with Crippen molar-refractivity contribution in [2.45, 2.75) is 11.4 Å². The molecule has 0 fully saturated rings. The van der Waals surface area contributed by atoms with Crippen LogP contribution in [0.5, 0.6) is 5.75 Å². The summed E-state index contributed by atoms with van der Waals surface area (Å²) in [6, 6.07) is 8.99. The normalized spacial score (nSPS) is 11.2. The van der Waals surface area contributed by atoms with E-state index in [4.69, 9.17) is 11.2 Å². The van der Waals surface area contributed by atoms with Crippen molar-refractivity contribution in [3.63, 3.8) is 0 Å². The Morgan fingerprint density at radius 2 is 2.07 bits per heavy atom. The number of hydrogen-bond acceptors (Lipinski definition) is 5. The maximum Gasteiger partial charge on any atom is 0.269 e. The standard InChI is InChI=1S/C20H18FN3O3S/c1-3-8-27-16-10-17(13-23-12-16)28(25,26)24-14-15(11-22-2)9-20(24)18-6-4-5-7-19(18)21/h1,4-7,9-10,12-14,22H,8,11H2,2H3. The van der Waals surface area contributed by atoms with E-state index in [0.29, 0.717) is 12.1 Å². The van der Waals surface area contributed by atoms with Crippen molar-refractivity contribution in [3.8, 4) is 29.4 Å². The van der Waals surface area contributed by atoms with E-state index in [1.54, 1.807) is 25.2 Å². The molecule has 0 bridgehead atoms. The summed E-state index contributed by atoms with van der Waals surface area (Å²) < 4.78 is 47.2. The van der Waals surface area contributed by atoms with Gasteiger partial charge in [-0.1, -0.05) is 18.1 Å². The smallest absolute Gasteiger partial charge is 0.269 e. The van der Waals surface area contributed by atoms with Crippen molar-refractivity contribution < 1.29 is 17.5 Å². The second-order valence-corrected chi connectivity index (χ2v) is 7.71. The van der Waals surface area contributed by atoms with Crippen LogP contribution in [0.25, 0.3) is 11.3 Å². The van der Waals surface area contributed by atoms with Gasteiger partial charge in [-0.05, 0) is 30.8 Å². The van der Waals surface area contributed by atoms with E-state index in [1.807, 2.05) is 0 Å². The predicted molar refractivity (Wildman–Crippen MR) is 104 cm³/mol. The Balaban J connectivity index is 2.14. The van der Waals surface area contributed by atoms with Crippen LogP contribution in [-0.2, 0) is 16.6 Å². The molecule has 0 aliphatic rings. The first-order valence-electron chi connectivity index (χ1n) is 8.35. The highest BCUT2D eigenvalue weighted by Gasteiger charge is 2.24. The molecule has 1 N–H and O–H groups in total. The maximum absolute atomic E-state index is 14.4. The van der Waals surface area contributed by atoms with Gasteiger partial charge in [-0.15, -0.1) is 6.42 Å². The van der Waals surface area contributed by atoms with Gasteiger partial charge in [0.05, 0.1) is 11.9 Å². The number of nitrogens with zero attached hydrogens (tertiary/aromatic N) is 2. The number of terminal acetylenes is 1. The zero-order valence-electron chi connectivity index (χ0n) is 15.1. The number of rotatable bonds is 7. The van der Waals surface area contributed by atoms with Crippen molar-refractivity contribution >= 4 is 10.0 Å². The van der Waals surface area contributed by atoms with Crippen LogP contribution in [0.15, 0.2) is 59.9 Å². The average Bonchev–Trinajstić information content (AvgIpc) is 3.12. The molecule has 0 aliphatic carbocycles. The Labute approximate surface area is 163 Å². The molecule has 144 valence electrons. The minimum absolute atomic E-state index is 0.0124. The van der Waals surface area contributed by atoms with E-state index in [2.05, 4.69) is 16.2 Å². The Hall–Kier alpha value is -3.15. The van der Waals surface area contributed by atoms with Gasteiger partial charge in [0.1, 0.15) is 23.1 Å². The first-order valence-corrected chi connectivity index (χ1v) is 9.79. The van der Waals surface area contributed by atoms with Gasteiger partial charge < -0.3 is 10.1 Å². The molecule has 28 heavy (non-hydrogen) atoms. The summed E-state index contributed by atoms with van der Waals surface area (Å²) in [7, 11) is -2.31. The summed E-state index contributed by atoms with van der Waals surface area (Å²) in [5.41, 5.74) is 1.09. The summed E-state index contributed by atoms with van der Waals surface area (Å²) in [5.74, 6) is 2.02. The lowest BCUT2D eigenvalue weighted by Crippen LogP contribution is -2.14. The van der Waals surface area contributed by atoms with Gasteiger partial charge in [0, 0.05) is 30.6 Å². The number of hydrogen-bond donors (Lipinski definition) is 1. The van der Waals surface area contributed by atoms with E-state index >= 15 is 0 Å². The molecule has 0 spiro atoms. The molecule has 1 aromatic carbocycles. The van der Waals surface area contributed by atoms with Crippen LogP contribution in [0.2, 0.25) is 0 Å². The molecule has 0 atom stereocenters. The van der Waals surface area contributed by atoms with Crippen LogP contribution in [0.1, 0.15) is 5.56 Å². The Morgan fingerprint density at radius 1 is 1.29 bits per heavy atom. The van der Waals surface area contributed by atoms with Crippen LogP contribution in [0.3, 0.4) is 0 Å². The quantitative estimate of drug-likeness (QED) is 0.619. The third kappa shape index (κ3) is 3.91. The van der Waals surface area contributed by atoms with Gasteiger partial charge in [-0.25, -0.2) is 16.8 Å². The molecule has 0 saturated carbocycles. The molecule has 3 rings (SSSR count). The number of aromatic nitrogens is 2. The van der Waals surface area contributed by atoms with Crippen LogP contribution < -0.4 is 10.1 Å². The van der Waals surface area contributed by atoms with Gasteiger partial charge in [0.2, 0.25) is 0 Å². The van der Waals surface area contributed by atoms with E-state index < -0.39 is 15.8 Å². The first-order chi connectivity index (χ1) is 13.5. The maximum atomic E-state index is 14.4. The van der Waals surface area contributed by atoms with Gasteiger partial charge >= 0.3 is 0 Å². The third-order valence-electron chi connectivity index (χ3n) is 3.94. The molecule has 0 unspecified atom stereocenters. The van der Waals surface area contributed by atoms with E-state index in [-0.39, 0.29) is 28.5 Å². The molecular weight excluding hydrogens is 381 g/mol. The van der Waals surface area contributed by atoms with Crippen LogP contribution in [-0.4, -0.2) is 31.0 Å². The van der Waals surface area contributed by atoms with Crippen LogP contribution in [0.4, 0.5) is 4.39 Å². The summed E-state index contributed by atoms with van der Waals surface area (Å²) in [4.78, 5) is 3.83. The Kier molecular flexibility index (Phi) is 5.78. The van der Waals surface area contributed by atoms with E-state index in [0.717, 1.165) is 3.97 Å². The highest BCUT2D eigenvalue weighted by Crippen LogP contribution is 2.29. The van der Waals surface area contributed by atoms with Gasteiger partial charge in [-0.2, -0.15) is 0 Å². The molecule has 0 aliphatic heterocycles. The lowest BCUT2D eigenvalue weighted by molar-refractivity contribution is 0.367. The highest BCUT2D eigenvalue weighted by atomic mass is 32.2.